The molecule has 0 radical (unpaired) electrons. The lowest BCUT2D eigenvalue weighted by Crippen LogP contribution is -2.41. The van der Waals surface area contributed by atoms with Crippen LogP contribution in [0.5, 0.6) is 0 Å². The van der Waals surface area contributed by atoms with Gasteiger partial charge in [0.1, 0.15) is 0 Å². The van der Waals surface area contributed by atoms with Crippen molar-refractivity contribution in [1.29, 1.82) is 0 Å². The van der Waals surface area contributed by atoms with E-state index in [9.17, 15) is 0 Å². The molecule has 1 aromatic rings. The van der Waals surface area contributed by atoms with Crippen LogP contribution in [0.4, 0.5) is 0 Å². The minimum atomic E-state index is -0.235. The van der Waals surface area contributed by atoms with Crippen LogP contribution in [0.15, 0.2) is 11.4 Å². The topological polar surface area (TPSA) is 18.5 Å². The average molecular weight is 250 g/mol. The van der Waals surface area contributed by atoms with Gasteiger partial charge in [0.05, 0.1) is 11.2 Å². The lowest BCUT2D eigenvalue weighted by atomic mass is 9.87. The van der Waals surface area contributed by atoms with Gasteiger partial charge in [0.15, 0.2) is 0 Å². The predicted octanol–water partition coefficient (Wildman–Crippen LogP) is 2.92. The summed E-state index contributed by atoms with van der Waals surface area (Å²) in [5, 5.41) is 2.26. The predicted molar refractivity (Wildman–Crippen MR) is 72.0 cm³/mol. The zero-order valence-corrected chi connectivity index (χ0v) is 11.8. The maximum absolute atomic E-state index is 6.05. The van der Waals surface area contributed by atoms with Crippen LogP contribution in [-0.2, 0) is 9.31 Å². The second kappa shape index (κ2) is 3.59. The average Bonchev–Trinajstić information content (AvgIpc) is 2.89. The van der Waals surface area contributed by atoms with Crippen molar-refractivity contribution >= 4 is 23.2 Å². The van der Waals surface area contributed by atoms with Gasteiger partial charge in [-0.15, -0.1) is 0 Å². The van der Waals surface area contributed by atoms with Crippen LogP contribution in [0, 0.1) is 0 Å². The summed E-state index contributed by atoms with van der Waals surface area (Å²) in [6, 6.07) is 2.27. The van der Waals surface area contributed by atoms with Gasteiger partial charge in [-0.2, -0.15) is 11.3 Å². The van der Waals surface area contributed by atoms with Crippen LogP contribution >= 0.6 is 11.3 Å². The van der Waals surface area contributed by atoms with Crippen molar-refractivity contribution in [2.45, 2.75) is 57.7 Å². The summed E-state index contributed by atoms with van der Waals surface area (Å²) in [5.74, 6) is 0.808. The van der Waals surface area contributed by atoms with Gasteiger partial charge in [-0.1, -0.05) is 0 Å². The molecule has 0 spiro atoms. The Bertz CT molecular complexity index is 418. The summed E-state index contributed by atoms with van der Waals surface area (Å²) in [5.41, 5.74) is 1.00. The van der Waals surface area contributed by atoms with E-state index in [2.05, 4.69) is 39.1 Å². The van der Waals surface area contributed by atoms with Crippen LogP contribution in [0.3, 0.4) is 0 Å². The molecule has 0 aromatic carbocycles. The highest BCUT2D eigenvalue weighted by Crippen LogP contribution is 2.41. The second-order valence-corrected chi connectivity index (χ2v) is 7.09. The van der Waals surface area contributed by atoms with E-state index in [0.717, 1.165) is 5.92 Å². The molecule has 4 heteroatoms. The first kappa shape index (κ1) is 11.8. The highest BCUT2D eigenvalue weighted by atomic mass is 32.1. The van der Waals surface area contributed by atoms with Crippen molar-refractivity contribution in [3.63, 3.8) is 0 Å². The number of rotatable bonds is 2. The Morgan fingerprint density at radius 3 is 2.29 bits per heavy atom. The molecule has 2 fully saturated rings. The first-order chi connectivity index (χ1) is 7.89. The molecule has 1 saturated carbocycles. The van der Waals surface area contributed by atoms with Crippen molar-refractivity contribution in [3.05, 3.63) is 17.0 Å². The molecule has 0 bridgehead atoms. The highest BCUT2D eigenvalue weighted by Gasteiger charge is 2.52. The standard InChI is InChI=1S/C13H19BO2S/c1-12(2)13(3,4)16-14(15-12)11-7-10(8-17-11)9-5-6-9/h7-9H,5-6H2,1-4H3. The van der Waals surface area contributed by atoms with Crippen LogP contribution in [0.1, 0.15) is 52.0 Å². The lowest BCUT2D eigenvalue weighted by molar-refractivity contribution is 0.00578. The SMILES string of the molecule is CC1(C)OB(c2cc(C3CC3)cs2)OC1(C)C. The second-order valence-electron chi connectivity index (χ2n) is 6.14. The quantitative estimate of drug-likeness (QED) is 0.751. The fourth-order valence-corrected chi connectivity index (χ4v) is 3.03. The van der Waals surface area contributed by atoms with Gasteiger partial charge in [-0.05, 0) is 63.5 Å². The highest BCUT2D eigenvalue weighted by molar-refractivity contribution is 7.20. The molecule has 0 N–H and O–H groups in total. The zero-order chi connectivity index (χ0) is 12.3. The third-order valence-corrected chi connectivity index (χ3v) is 5.15. The van der Waals surface area contributed by atoms with E-state index in [1.807, 2.05) is 0 Å². The molecule has 3 rings (SSSR count). The minimum Gasteiger partial charge on any atom is -0.399 e. The molecule has 92 valence electrons. The van der Waals surface area contributed by atoms with Crippen LogP contribution in [0.25, 0.3) is 0 Å². The molecular formula is C13H19BO2S. The fraction of sp³-hybridized carbons (Fsp3) is 0.692. The Morgan fingerprint density at radius 2 is 1.76 bits per heavy atom. The largest absolute Gasteiger partial charge is 0.505 e. The van der Waals surface area contributed by atoms with Crippen molar-refractivity contribution < 1.29 is 9.31 Å². The first-order valence-corrected chi connectivity index (χ1v) is 7.21. The molecule has 2 aliphatic rings. The third kappa shape index (κ3) is 1.96. The minimum absolute atomic E-state index is 0.183. The Balaban J connectivity index is 1.81. The van der Waals surface area contributed by atoms with Crippen LogP contribution in [-0.4, -0.2) is 18.3 Å². The van der Waals surface area contributed by atoms with Gasteiger partial charge >= 0.3 is 7.12 Å². The monoisotopic (exact) mass is 250 g/mol. The van der Waals surface area contributed by atoms with Gasteiger partial charge in [0, 0.05) is 4.78 Å². The fourth-order valence-electron chi connectivity index (χ4n) is 2.08. The molecule has 1 aliphatic carbocycles. The molecule has 1 saturated heterocycles. The van der Waals surface area contributed by atoms with E-state index >= 15 is 0 Å². The smallest absolute Gasteiger partial charge is 0.399 e. The summed E-state index contributed by atoms with van der Waals surface area (Å²) in [6.07, 6.45) is 2.69. The third-order valence-electron chi connectivity index (χ3n) is 4.17. The Morgan fingerprint density at radius 1 is 1.18 bits per heavy atom. The summed E-state index contributed by atoms with van der Waals surface area (Å²) >= 11 is 1.77. The summed E-state index contributed by atoms with van der Waals surface area (Å²) in [4.78, 5) is 0. The first-order valence-electron chi connectivity index (χ1n) is 6.33. The maximum Gasteiger partial charge on any atom is 0.505 e. The van der Waals surface area contributed by atoms with Crippen molar-refractivity contribution in [3.8, 4) is 0 Å². The van der Waals surface area contributed by atoms with E-state index in [0.29, 0.717) is 0 Å². The molecule has 1 aliphatic heterocycles. The molecule has 0 amide bonds. The van der Waals surface area contributed by atoms with Crippen LogP contribution in [0.2, 0.25) is 0 Å². The van der Waals surface area contributed by atoms with E-state index in [1.54, 1.807) is 11.3 Å². The maximum atomic E-state index is 6.05. The molecule has 2 heterocycles. The molecule has 0 unspecified atom stereocenters. The van der Waals surface area contributed by atoms with Gasteiger partial charge in [-0.3, -0.25) is 0 Å². The number of hydrogen-bond donors (Lipinski definition) is 0. The van der Waals surface area contributed by atoms with Gasteiger partial charge in [-0.25, -0.2) is 0 Å². The van der Waals surface area contributed by atoms with Gasteiger partial charge in [0.2, 0.25) is 0 Å². The Labute approximate surface area is 107 Å². The summed E-state index contributed by atoms with van der Waals surface area (Å²) < 4.78 is 13.3. The number of thiophene rings is 1. The van der Waals surface area contributed by atoms with E-state index < -0.39 is 0 Å². The molecule has 17 heavy (non-hydrogen) atoms. The zero-order valence-electron chi connectivity index (χ0n) is 10.9. The molecule has 0 atom stereocenters. The van der Waals surface area contributed by atoms with Gasteiger partial charge in [0.25, 0.3) is 0 Å². The van der Waals surface area contributed by atoms with Gasteiger partial charge < -0.3 is 9.31 Å². The van der Waals surface area contributed by atoms with Crippen molar-refractivity contribution in [2.24, 2.45) is 0 Å². The van der Waals surface area contributed by atoms with Crippen LogP contribution < -0.4 is 4.78 Å². The lowest BCUT2D eigenvalue weighted by Gasteiger charge is -2.32. The molecule has 2 nitrogen and oxygen atoms in total. The molecular weight excluding hydrogens is 231 g/mol. The van der Waals surface area contributed by atoms with Crippen molar-refractivity contribution in [2.75, 3.05) is 0 Å². The molecule has 1 aromatic heterocycles. The van der Waals surface area contributed by atoms with E-state index in [1.165, 1.54) is 23.2 Å². The van der Waals surface area contributed by atoms with E-state index in [4.69, 9.17) is 9.31 Å². The summed E-state index contributed by atoms with van der Waals surface area (Å²) in [6.45, 7) is 8.40. The van der Waals surface area contributed by atoms with E-state index in [-0.39, 0.29) is 18.3 Å². The summed E-state index contributed by atoms with van der Waals surface area (Å²) in [7, 11) is -0.183. The normalized spacial score (nSPS) is 26.5. The Hall–Kier alpha value is -0.315. The van der Waals surface area contributed by atoms with Crippen molar-refractivity contribution in [1.82, 2.24) is 0 Å². The number of hydrogen-bond acceptors (Lipinski definition) is 3. The Kier molecular flexibility index (Phi) is 2.48.